The van der Waals surface area contributed by atoms with Gasteiger partial charge in [-0.25, -0.2) is 8.42 Å². The number of aryl methyl sites for hydroxylation is 1. The molecule has 2 fully saturated rings. The van der Waals surface area contributed by atoms with Crippen molar-refractivity contribution in [1.29, 1.82) is 0 Å². The van der Waals surface area contributed by atoms with Crippen LogP contribution in [0.5, 0.6) is 0 Å². The highest BCUT2D eigenvalue weighted by Gasteiger charge is 2.42. The smallest absolute Gasteiger partial charge is 0.246 e. The van der Waals surface area contributed by atoms with Crippen LogP contribution < -0.4 is 15.5 Å². The van der Waals surface area contributed by atoms with Gasteiger partial charge in [0.15, 0.2) is 15.6 Å². The van der Waals surface area contributed by atoms with E-state index in [1.807, 2.05) is 31.2 Å². The predicted molar refractivity (Wildman–Crippen MR) is 147 cm³/mol. The van der Waals surface area contributed by atoms with E-state index >= 15 is 0 Å². The molecule has 0 radical (unpaired) electrons. The molecule has 2 N–H and O–H groups in total. The van der Waals surface area contributed by atoms with Crippen LogP contribution in [0.3, 0.4) is 0 Å². The zero-order valence-electron chi connectivity index (χ0n) is 21.9. The van der Waals surface area contributed by atoms with Gasteiger partial charge in [-0.3, -0.25) is 14.4 Å². The van der Waals surface area contributed by atoms with E-state index in [9.17, 15) is 22.8 Å². The Bertz CT molecular complexity index is 1350. The molecule has 8 nitrogen and oxygen atoms in total. The van der Waals surface area contributed by atoms with Gasteiger partial charge in [-0.1, -0.05) is 55.7 Å². The van der Waals surface area contributed by atoms with Crippen LogP contribution >= 0.6 is 0 Å². The summed E-state index contributed by atoms with van der Waals surface area (Å²) in [7, 11) is -3.46. The van der Waals surface area contributed by atoms with Crippen LogP contribution in [0.25, 0.3) is 6.08 Å². The Balaban J connectivity index is 1.44. The lowest BCUT2D eigenvalue weighted by Gasteiger charge is -2.39. The monoisotopic (exact) mass is 537 g/mol. The summed E-state index contributed by atoms with van der Waals surface area (Å²) in [5.41, 5.74) is 1.40. The number of amides is 2. The summed E-state index contributed by atoms with van der Waals surface area (Å²) in [5.74, 6) is -0.869. The van der Waals surface area contributed by atoms with Gasteiger partial charge in [-0.05, 0) is 55.5 Å². The van der Waals surface area contributed by atoms with E-state index in [1.165, 1.54) is 12.1 Å². The number of piperidine rings is 1. The second-order valence-corrected chi connectivity index (χ2v) is 12.2. The summed E-state index contributed by atoms with van der Waals surface area (Å²) in [6.45, 7) is 2.38. The highest BCUT2D eigenvalue weighted by atomic mass is 32.2. The van der Waals surface area contributed by atoms with Gasteiger partial charge < -0.3 is 15.5 Å². The molecular formula is C29H35N3O5S. The molecule has 202 valence electrons. The fourth-order valence-electron chi connectivity index (χ4n) is 5.29. The van der Waals surface area contributed by atoms with Crippen molar-refractivity contribution in [3.05, 3.63) is 65.7 Å². The molecule has 2 amide bonds. The lowest BCUT2D eigenvalue weighted by atomic mass is 9.80. The Morgan fingerprint density at radius 2 is 1.71 bits per heavy atom. The minimum atomic E-state index is -3.46. The van der Waals surface area contributed by atoms with Crippen molar-refractivity contribution in [1.82, 2.24) is 10.6 Å². The highest BCUT2D eigenvalue weighted by molar-refractivity contribution is 7.90. The van der Waals surface area contributed by atoms with Crippen molar-refractivity contribution in [2.24, 2.45) is 0 Å². The van der Waals surface area contributed by atoms with E-state index in [1.54, 1.807) is 29.2 Å². The fourth-order valence-corrected chi connectivity index (χ4v) is 6.19. The lowest BCUT2D eigenvalue weighted by molar-refractivity contribution is -0.136. The number of sulfone groups is 1. The van der Waals surface area contributed by atoms with Crippen molar-refractivity contribution >= 4 is 39.2 Å². The molecule has 1 unspecified atom stereocenters. The normalized spacial score (nSPS) is 19.8. The third-order valence-corrected chi connectivity index (χ3v) is 8.58. The molecular weight excluding hydrogens is 502 g/mol. The summed E-state index contributed by atoms with van der Waals surface area (Å²) in [5, 5.41) is 5.87. The zero-order chi connectivity index (χ0) is 27.3. The number of hydrogen-bond donors (Lipinski definition) is 2. The number of anilines is 1. The van der Waals surface area contributed by atoms with E-state index in [-0.39, 0.29) is 29.0 Å². The number of nitrogens with one attached hydrogen (secondary N) is 2. The molecule has 1 aliphatic carbocycles. The average Bonchev–Trinajstić information content (AvgIpc) is 2.89. The number of carbonyl (C=O) groups excluding carboxylic acids is 3. The van der Waals surface area contributed by atoms with Crippen LogP contribution in [0.2, 0.25) is 0 Å². The molecule has 2 aromatic rings. The number of rotatable bonds is 7. The van der Waals surface area contributed by atoms with Crippen LogP contribution in [-0.2, 0) is 24.2 Å². The van der Waals surface area contributed by atoms with Gasteiger partial charge in [0.1, 0.15) is 5.54 Å². The maximum absolute atomic E-state index is 13.5. The second kappa shape index (κ2) is 11.5. The topological polar surface area (TPSA) is 113 Å². The molecule has 1 heterocycles. The number of nitrogens with zero attached hydrogens (tertiary/aromatic N) is 1. The van der Waals surface area contributed by atoms with Gasteiger partial charge in [0.05, 0.1) is 23.2 Å². The van der Waals surface area contributed by atoms with Crippen molar-refractivity contribution in [3.63, 3.8) is 0 Å². The van der Waals surface area contributed by atoms with Crippen LogP contribution in [0, 0.1) is 6.92 Å². The van der Waals surface area contributed by atoms with Crippen molar-refractivity contribution < 1.29 is 22.8 Å². The van der Waals surface area contributed by atoms with Crippen LogP contribution in [-0.4, -0.2) is 56.9 Å². The largest absolute Gasteiger partial charge is 0.363 e. The first-order valence-corrected chi connectivity index (χ1v) is 14.9. The Morgan fingerprint density at radius 3 is 2.39 bits per heavy atom. The summed E-state index contributed by atoms with van der Waals surface area (Å²) in [6.07, 6.45) is 8.32. The van der Waals surface area contributed by atoms with E-state index < -0.39 is 21.4 Å². The van der Waals surface area contributed by atoms with Gasteiger partial charge >= 0.3 is 0 Å². The number of ketones is 1. The molecule has 9 heteroatoms. The van der Waals surface area contributed by atoms with Gasteiger partial charge in [0.2, 0.25) is 11.8 Å². The van der Waals surface area contributed by atoms with E-state index in [4.69, 9.17) is 0 Å². The number of carbonyl (C=O) groups is 3. The summed E-state index contributed by atoms with van der Waals surface area (Å²) in [4.78, 5) is 41.4. The van der Waals surface area contributed by atoms with E-state index in [2.05, 4.69) is 10.6 Å². The molecule has 1 saturated carbocycles. The molecule has 38 heavy (non-hydrogen) atoms. The molecule has 2 aromatic carbocycles. The fraction of sp³-hybridized carbons (Fsp3) is 0.414. The number of para-hydroxylation sites is 1. The van der Waals surface area contributed by atoms with Crippen LogP contribution in [0.15, 0.2) is 59.5 Å². The third-order valence-electron chi connectivity index (χ3n) is 7.44. The average molecular weight is 538 g/mol. The first-order chi connectivity index (χ1) is 18.1. The molecule has 0 bridgehead atoms. The Morgan fingerprint density at radius 1 is 1.03 bits per heavy atom. The summed E-state index contributed by atoms with van der Waals surface area (Å²) in [6, 6.07) is 13.7. The predicted octanol–water partition coefficient (Wildman–Crippen LogP) is 3.20. The van der Waals surface area contributed by atoms with E-state index in [0.717, 1.165) is 36.6 Å². The Labute approximate surface area is 224 Å². The van der Waals surface area contributed by atoms with Gasteiger partial charge in [0, 0.05) is 18.9 Å². The van der Waals surface area contributed by atoms with Crippen molar-refractivity contribution in [3.8, 4) is 0 Å². The standard InChI is InChI=1S/C29H35N3O5S/c1-21-10-4-5-11-22(21)14-15-27(34)31-29(17-8-3-9-18-29)28(35)30-23-16-19-32(20-25(23)33)24-12-6-7-13-26(24)38(2,36)37/h4-7,10-15,23H,3,8-9,16-20H2,1-2H3,(H,30,35)(H,31,34). The molecule has 4 rings (SSSR count). The first-order valence-electron chi connectivity index (χ1n) is 13.0. The summed E-state index contributed by atoms with van der Waals surface area (Å²) < 4.78 is 24.4. The van der Waals surface area contributed by atoms with Gasteiger partial charge in [0.25, 0.3) is 0 Å². The maximum Gasteiger partial charge on any atom is 0.246 e. The third kappa shape index (κ3) is 6.32. The second-order valence-electron chi connectivity index (χ2n) is 10.3. The minimum Gasteiger partial charge on any atom is -0.363 e. The molecule has 1 atom stereocenters. The highest BCUT2D eigenvalue weighted by Crippen LogP contribution is 2.30. The molecule has 2 aliphatic rings. The van der Waals surface area contributed by atoms with Crippen molar-refractivity contribution in [2.75, 3.05) is 24.2 Å². The quantitative estimate of drug-likeness (QED) is 0.525. The minimum absolute atomic E-state index is 0.00396. The zero-order valence-corrected chi connectivity index (χ0v) is 22.7. The van der Waals surface area contributed by atoms with Crippen LogP contribution in [0.1, 0.15) is 49.7 Å². The Kier molecular flexibility index (Phi) is 8.35. The molecule has 1 aliphatic heterocycles. The maximum atomic E-state index is 13.5. The molecule has 0 aromatic heterocycles. The van der Waals surface area contributed by atoms with Gasteiger partial charge in [-0.2, -0.15) is 0 Å². The molecule has 0 spiro atoms. The number of benzene rings is 2. The number of hydrogen-bond acceptors (Lipinski definition) is 6. The summed E-state index contributed by atoms with van der Waals surface area (Å²) >= 11 is 0. The van der Waals surface area contributed by atoms with Gasteiger partial charge in [-0.15, -0.1) is 0 Å². The van der Waals surface area contributed by atoms with Crippen LogP contribution in [0.4, 0.5) is 5.69 Å². The SMILES string of the molecule is Cc1ccccc1C=CC(=O)NC1(C(=O)NC2CCN(c3ccccc3S(C)(=O)=O)CC2=O)CCCCC1. The molecule has 1 saturated heterocycles. The lowest BCUT2D eigenvalue weighted by Crippen LogP contribution is -2.63. The van der Waals surface area contributed by atoms with E-state index in [0.29, 0.717) is 31.5 Å². The number of Topliss-reactive ketones (excluding diaryl/α,β-unsaturated/α-hetero) is 1. The van der Waals surface area contributed by atoms with Crippen molar-refractivity contribution in [2.45, 2.75) is 61.9 Å². The first kappa shape index (κ1) is 27.6. The Hall–Kier alpha value is -3.46.